The molecule has 1 aromatic heterocycles. The van der Waals surface area contributed by atoms with Crippen molar-refractivity contribution in [2.75, 3.05) is 6.61 Å². The Hall–Kier alpha value is -1.03. The molecule has 1 aliphatic heterocycles. The Labute approximate surface area is 82.9 Å². The second kappa shape index (κ2) is 3.61. The molecule has 0 saturated carbocycles. The number of hydrogen-bond acceptors (Lipinski definition) is 2. The van der Waals surface area contributed by atoms with Crippen LogP contribution in [0.2, 0.25) is 0 Å². The average molecular weight is 196 g/mol. The maximum Gasteiger partial charge on any atom is 0.270 e. The predicted molar refractivity (Wildman–Crippen MR) is 53.3 cm³/mol. The third-order valence-electron chi connectivity index (χ3n) is 2.43. The molecule has 0 saturated heterocycles. The third-order valence-corrected chi connectivity index (χ3v) is 2.43. The van der Waals surface area contributed by atoms with Crippen molar-refractivity contribution in [3.63, 3.8) is 0 Å². The average Bonchev–Trinajstić information content (AvgIpc) is 2.44. The molecule has 0 bridgehead atoms. The van der Waals surface area contributed by atoms with Gasteiger partial charge in [0.15, 0.2) is 0 Å². The van der Waals surface area contributed by atoms with E-state index in [2.05, 4.69) is 18.9 Å². The number of ether oxygens (including phenoxy) is 1. The minimum Gasteiger partial charge on any atom is -0.375 e. The van der Waals surface area contributed by atoms with E-state index in [-0.39, 0.29) is 5.56 Å². The molecule has 0 fully saturated rings. The van der Waals surface area contributed by atoms with Crippen LogP contribution >= 0.6 is 0 Å². The van der Waals surface area contributed by atoms with Gasteiger partial charge in [-0.3, -0.25) is 14.6 Å². The molecule has 4 nitrogen and oxygen atoms in total. The number of nitrogens with zero attached hydrogens (tertiary/aromatic N) is 1. The number of rotatable bonds is 2. The van der Waals surface area contributed by atoms with E-state index >= 15 is 0 Å². The number of hydrogen-bond donors (Lipinski definition) is 1. The van der Waals surface area contributed by atoms with Gasteiger partial charge in [-0.2, -0.15) is 0 Å². The molecule has 0 unspecified atom stereocenters. The summed E-state index contributed by atoms with van der Waals surface area (Å²) in [4.78, 5) is 11.8. The van der Waals surface area contributed by atoms with E-state index in [0.717, 1.165) is 24.2 Å². The molecule has 0 radical (unpaired) electrons. The highest BCUT2D eigenvalue weighted by atomic mass is 16.5. The second-order valence-corrected chi connectivity index (χ2v) is 4.18. The summed E-state index contributed by atoms with van der Waals surface area (Å²) in [5, 5.41) is 3.11. The van der Waals surface area contributed by atoms with Crippen LogP contribution < -0.4 is 5.56 Å². The number of fused-ring (bicyclic) bond motifs is 1. The quantitative estimate of drug-likeness (QED) is 0.764. The molecule has 14 heavy (non-hydrogen) atoms. The van der Waals surface area contributed by atoms with Crippen molar-refractivity contribution in [2.24, 2.45) is 5.92 Å². The SMILES string of the molecule is CC(C)Cn1[nH]c2c(c1=O)CCOC2. The van der Waals surface area contributed by atoms with Crippen LogP contribution in [0.5, 0.6) is 0 Å². The largest absolute Gasteiger partial charge is 0.375 e. The second-order valence-electron chi connectivity index (χ2n) is 4.18. The van der Waals surface area contributed by atoms with Crippen LogP contribution in [-0.4, -0.2) is 16.4 Å². The van der Waals surface area contributed by atoms with Crippen molar-refractivity contribution in [1.82, 2.24) is 9.78 Å². The number of nitrogens with one attached hydrogen (secondary N) is 1. The van der Waals surface area contributed by atoms with Crippen LogP contribution in [0.3, 0.4) is 0 Å². The predicted octanol–water partition coefficient (Wildman–Crippen LogP) is 0.905. The van der Waals surface area contributed by atoms with Crippen molar-refractivity contribution in [3.05, 3.63) is 21.6 Å². The molecule has 2 heterocycles. The van der Waals surface area contributed by atoms with Gasteiger partial charge in [-0.05, 0) is 5.92 Å². The maximum atomic E-state index is 11.8. The lowest BCUT2D eigenvalue weighted by molar-refractivity contribution is 0.108. The molecule has 1 aliphatic rings. The van der Waals surface area contributed by atoms with Gasteiger partial charge < -0.3 is 4.74 Å². The summed E-state index contributed by atoms with van der Waals surface area (Å²) in [6, 6.07) is 0. The summed E-state index contributed by atoms with van der Waals surface area (Å²) >= 11 is 0. The molecule has 0 amide bonds. The fourth-order valence-corrected chi connectivity index (χ4v) is 1.79. The molecule has 0 atom stereocenters. The minimum absolute atomic E-state index is 0.136. The lowest BCUT2D eigenvalue weighted by atomic mass is 10.1. The Morgan fingerprint density at radius 2 is 2.36 bits per heavy atom. The summed E-state index contributed by atoms with van der Waals surface area (Å²) in [6.07, 6.45) is 0.746. The van der Waals surface area contributed by atoms with Crippen LogP contribution in [0, 0.1) is 5.92 Å². The normalized spacial score (nSPS) is 15.9. The standard InChI is InChI=1S/C10H16N2O2/c1-7(2)5-12-10(13)8-3-4-14-6-9(8)11-12/h7,11H,3-6H2,1-2H3. The van der Waals surface area contributed by atoms with E-state index in [1.54, 1.807) is 4.68 Å². The van der Waals surface area contributed by atoms with E-state index in [9.17, 15) is 4.79 Å². The van der Waals surface area contributed by atoms with Gasteiger partial charge in [-0.15, -0.1) is 0 Å². The molecule has 2 rings (SSSR count). The van der Waals surface area contributed by atoms with Crippen LogP contribution in [0.25, 0.3) is 0 Å². The van der Waals surface area contributed by atoms with E-state index in [1.165, 1.54) is 0 Å². The van der Waals surface area contributed by atoms with Crippen molar-refractivity contribution < 1.29 is 4.74 Å². The summed E-state index contributed by atoms with van der Waals surface area (Å²) in [5.74, 6) is 0.480. The van der Waals surface area contributed by atoms with Gasteiger partial charge in [0.25, 0.3) is 5.56 Å². The van der Waals surface area contributed by atoms with Crippen LogP contribution in [-0.2, 0) is 24.3 Å². The van der Waals surface area contributed by atoms with E-state index in [0.29, 0.717) is 19.1 Å². The van der Waals surface area contributed by atoms with Gasteiger partial charge in [0.1, 0.15) is 0 Å². The van der Waals surface area contributed by atoms with Gasteiger partial charge in [-0.25, -0.2) is 0 Å². The van der Waals surface area contributed by atoms with Crippen LogP contribution in [0.4, 0.5) is 0 Å². The minimum atomic E-state index is 0.136. The van der Waals surface area contributed by atoms with E-state index < -0.39 is 0 Å². The lowest BCUT2D eigenvalue weighted by Crippen LogP contribution is -2.22. The summed E-state index contributed by atoms with van der Waals surface area (Å²) in [5.41, 5.74) is 2.01. The highest BCUT2D eigenvalue weighted by molar-refractivity contribution is 5.18. The Bertz CT molecular complexity index is 376. The molecule has 0 spiro atoms. The first kappa shape index (κ1) is 9.52. The van der Waals surface area contributed by atoms with E-state index in [1.807, 2.05) is 0 Å². The number of H-pyrrole nitrogens is 1. The summed E-state index contributed by atoms with van der Waals surface area (Å²) in [6.45, 7) is 6.18. The molecular formula is C10H16N2O2. The third kappa shape index (κ3) is 1.62. The molecule has 0 aromatic carbocycles. The molecule has 1 N–H and O–H groups in total. The van der Waals surface area contributed by atoms with Crippen molar-refractivity contribution in [2.45, 2.75) is 33.4 Å². The van der Waals surface area contributed by atoms with Crippen LogP contribution in [0.15, 0.2) is 4.79 Å². The fraction of sp³-hybridized carbons (Fsp3) is 0.700. The Balaban J connectivity index is 2.34. The Morgan fingerprint density at radius 1 is 1.57 bits per heavy atom. The van der Waals surface area contributed by atoms with Gasteiger partial charge in [0, 0.05) is 18.5 Å². The molecule has 78 valence electrons. The van der Waals surface area contributed by atoms with Crippen molar-refractivity contribution >= 4 is 0 Å². The van der Waals surface area contributed by atoms with Crippen LogP contribution in [0.1, 0.15) is 25.1 Å². The topological polar surface area (TPSA) is 47.0 Å². The molecule has 0 aliphatic carbocycles. The summed E-state index contributed by atoms with van der Waals surface area (Å²) < 4.78 is 6.98. The monoisotopic (exact) mass is 196 g/mol. The molecule has 1 aromatic rings. The zero-order valence-electron chi connectivity index (χ0n) is 8.67. The van der Waals surface area contributed by atoms with Crippen molar-refractivity contribution in [3.8, 4) is 0 Å². The maximum absolute atomic E-state index is 11.8. The first-order valence-electron chi connectivity index (χ1n) is 5.06. The Morgan fingerprint density at radius 3 is 3.00 bits per heavy atom. The van der Waals surface area contributed by atoms with Gasteiger partial charge >= 0.3 is 0 Å². The number of aromatic amines is 1. The fourth-order valence-electron chi connectivity index (χ4n) is 1.79. The molecular weight excluding hydrogens is 180 g/mol. The first-order chi connectivity index (χ1) is 6.68. The first-order valence-corrected chi connectivity index (χ1v) is 5.06. The highest BCUT2D eigenvalue weighted by Gasteiger charge is 2.17. The van der Waals surface area contributed by atoms with Gasteiger partial charge in [0.2, 0.25) is 0 Å². The van der Waals surface area contributed by atoms with Crippen molar-refractivity contribution in [1.29, 1.82) is 0 Å². The summed E-state index contributed by atoms with van der Waals surface area (Å²) in [7, 11) is 0. The van der Waals surface area contributed by atoms with E-state index in [4.69, 9.17) is 4.74 Å². The van der Waals surface area contributed by atoms with Gasteiger partial charge in [0.05, 0.1) is 18.9 Å². The zero-order chi connectivity index (χ0) is 10.1. The smallest absolute Gasteiger partial charge is 0.270 e. The highest BCUT2D eigenvalue weighted by Crippen LogP contribution is 2.10. The zero-order valence-corrected chi connectivity index (χ0v) is 8.67. The Kier molecular flexibility index (Phi) is 2.46. The lowest BCUT2D eigenvalue weighted by Gasteiger charge is -2.09. The van der Waals surface area contributed by atoms with Gasteiger partial charge in [-0.1, -0.05) is 13.8 Å². The number of aromatic nitrogens is 2. The molecule has 4 heteroatoms.